The zero-order valence-corrected chi connectivity index (χ0v) is 19.6. The Morgan fingerprint density at radius 2 is 1.89 bits per heavy atom. The Hall–Kier alpha value is -4.17. The number of benzene rings is 2. The van der Waals surface area contributed by atoms with E-state index in [1.54, 1.807) is 24.2 Å². The molecule has 2 aromatic carbocycles. The number of hydrogen-bond acceptors (Lipinski definition) is 6. The van der Waals surface area contributed by atoms with Crippen LogP contribution in [0.2, 0.25) is 0 Å². The van der Waals surface area contributed by atoms with Crippen LogP contribution >= 0.6 is 0 Å². The smallest absolute Gasteiger partial charge is 0.255 e. The van der Waals surface area contributed by atoms with Crippen molar-refractivity contribution in [2.24, 2.45) is 0 Å². The average molecular weight is 470 g/mol. The van der Waals surface area contributed by atoms with Crippen LogP contribution in [0.25, 0.3) is 16.9 Å². The zero-order valence-electron chi connectivity index (χ0n) is 19.6. The van der Waals surface area contributed by atoms with Gasteiger partial charge in [0, 0.05) is 37.6 Å². The minimum absolute atomic E-state index is 0.206. The highest BCUT2D eigenvalue weighted by Crippen LogP contribution is 2.27. The van der Waals surface area contributed by atoms with E-state index in [9.17, 15) is 4.79 Å². The molecule has 5 rings (SSSR count). The molecule has 35 heavy (non-hydrogen) atoms. The van der Waals surface area contributed by atoms with Gasteiger partial charge in [0.2, 0.25) is 0 Å². The van der Waals surface area contributed by atoms with Gasteiger partial charge in [-0.3, -0.25) is 4.79 Å². The Bertz CT molecular complexity index is 1280. The minimum atomic E-state index is -0.206. The SMILES string of the molecule is COc1cccc(-c2nn(-c3ccccc3)cc2C(=O)NCc2ccc(N3CCOCC3)nc2)c1. The summed E-state index contributed by atoms with van der Waals surface area (Å²) in [7, 11) is 1.62. The van der Waals surface area contributed by atoms with Crippen molar-refractivity contribution in [2.45, 2.75) is 6.54 Å². The molecule has 1 aliphatic heterocycles. The Labute approximate surface area is 204 Å². The fourth-order valence-electron chi connectivity index (χ4n) is 4.01. The number of methoxy groups -OCH3 is 1. The Morgan fingerprint density at radius 1 is 1.06 bits per heavy atom. The van der Waals surface area contributed by atoms with Gasteiger partial charge < -0.3 is 19.7 Å². The summed E-state index contributed by atoms with van der Waals surface area (Å²) >= 11 is 0. The van der Waals surface area contributed by atoms with E-state index < -0.39 is 0 Å². The van der Waals surface area contributed by atoms with Crippen molar-refractivity contribution in [3.05, 3.63) is 90.3 Å². The molecule has 1 aliphatic rings. The van der Waals surface area contributed by atoms with Gasteiger partial charge in [-0.05, 0) is 35.9 Å². The first-order valence-electron chi connectivity index (χ1n) is 11.6. The van der Waals surface area contributed by atoms with Gasteiger partial charge in [-0.15, -0.1) is 0 Å². The summed E-state index contributed by atoms with van der Waals surface area (Å²) in [6, 6.07) is 21.3. The van der Waals surface area contributed by atoms with Crippen LogP contribution in [0.3, 0.4) is 0 Å². The molecule has 0 bridgehead atoms. The number of nitrogens with zero attached hydrogens (tertiary/aromatic N) is 4. The second kappa shape index (κ2) is 10.4. The van der Waals surface area contributed by atoms with E-state index in [4.69, 9.17) is 14.6 Å². The van der Waals surface area contributed by atoms with E-state index in [1.165, 1.54) is 0 Å². The van der Waals surface area contributed by atoms with Crippen molar-refractivity contribution in [2.75, 3.05) is 38.3 Å². The second-order valence-electron chi connectivity index (χ2n) is 8.21. The van der Waals surface area contributed by atoms with E-state index in [2.05, 4.69) is 15.2 Å². The number of anilines is 1. The van der Waals surface area contributed by atoms with Gasteiger partial charge in [0.15, 0.2) is 0 Å². The highest BCUT2D eigenvalue weighted by atomic mass is 16.5. The van der Waals surface area contributed by atoms with Gasteiger partial charge in [-0.25, -0.2) is 9.67 Å². The van der Waals surface area contributed by atoms with Crippen LogP contribution in [0.1, 0.15) is 15.9 Å². The standard InChI is InChI=1S/C27H27N5O3/c1-34-23-9-5-6-21(16-23)26-24(19-32(30-26)22-7-3-2-4-8-22)27(33)29-18-20-10-11-25(28-17-20)31-12-14-35-15-13-31/h2-11,16-17,19H,12-15,18H2,1H3,(H,29,33). The van der Waals surface area contributed by atoms with E-state index >= 15 is 0 Å². The van der Waals surface area contributed by atoms with Crippen molar-refractivity contribution in [3.63, 3.8) is 0 Å². The van der Waals surface area contributed by atoms with Crippen molar-refractivity contribution in [1.82, 2.24) is 20.1 Å². The van der Waals surface area contributed by atoms with Crippen LogP contribution in [0.5, 0.6) is 5.75 Å². The molecule has 178 valence electrons. The number of carbonyl (C=O) groups excluding carboxylic acids is 1. The molecule has 2 aromatic heterocycles. The first-order chi connectivity index (χ1) is 17.2. The maximum atomic E-state index is 13.3. The zero-order chi connectivity index (χ0) is 24.0. The highest BCUT2D eigenvalue weighted by Gasteiger charge is 2.19. The predicted octanol–water partition coefficient (Wildman–Crippen LogP) is 3.71. The van der Waals surface area contributed by atoms with Crippen LogP contribution in [-0.4, -0.2) is 54.1 Å². The number of hydrogen-bond donors (Lipinski definition) is 1. The Kier molecular flexibility index (Phi) is 6.72. The number of ether oxygens (including phenoxy) is 2. The van der Waals surface area contributed by atoms with Crippen molar-refractivity contribution in [3.8, 4) is 22.7 Å². The predicted molar refractivity (Wildman–Crippen MR) is 134 cm³/mol. The molecule has 0 spiro atoms. The van der Waals surface area contributed by atoms with Gasteiger partial charge in [0.1, 0.15) is 17.3 Å². The average Bonchev–Trinajstić information content (AvgIpc) is 3.39. The van der Waals surface area contributed by atoms with Crippen LogP contribution in [-0.2, 0) is 11.3 Å². The van der Waals surface area contributed by atoms with Gasteiger partial charge in [-0.2, -0.15) is 5.10 Å². The molecular weight excluding hydrogens is 442 g/mol. The minimum Gasteiger partial charge on any atom is -0.497 e. The van der Waals surface area contributed by atoms with Crippen molar-refractivity contribution < 1.29 is 14.3 Å². The van der Waals surface area contributed by atoms with E-state index in [0.717, 1.165) is 35.7 Å². The molecule has 1 amide bonds. The quantitative estimate of drug-likeness (QED) is 0.444. The molecule has 0 aliphatic carbocycles. The Balaban J connectivity index is 1.36. The second-order valence-corrected chi connectivity index (χ2v) is 8.21. The third kappa shape index (κ3) is 5.17. The summed E-state index contributed by atoms with van der Waals surface area (Å²) in [4.78, 5) is 20.1. The van der Waals surface area contributed by atoms with Crippen LogP contribution in [0.4, 0.5) is 5.82 Å². The lowest BCUT2D eigenvalue weighted by Gasteiger charge is -2.27. The molecule has 8 heteroatoms. The molecule has 3 heterocycles. The van der Waals surface area contributed by atoms with Crippen LogP contribution in [0, 0.1) is 0 Å². The van der Waals surface area contributed by atoms with Gasteiger partial charge in [0.05, 0.1) is 31.6 Å². The van der Waals surface area contributed by atoms with Crippen LogP contribution < -0.4 is 15.0 Å². The van der Waals surface area contributed by atoms with Crippen molar-refractivity contribution in [1.29, 1.82) is 0 Å². The number of morpholine rings is 1. The Morgan fingerprint density at radius 3 is 2.63 bits per heavy atom. The number of rotatable bonds is 7. The third-order valence-corrected chi connectivity index (χ3v) is 5.92. The normalized spacial score (nSPS) is 13.5. The summed E-state index contributed by atoms with van der Waals surface area (Å²) in [6.07, 6.45) is 3.57. The maximum Gasteiger partial charge on any atom is 0.255 e. The molecular formula is C27H27N5O3. The molecule has 8 nitrogen and oxygen atoms in total. The highest BCUT2D eigenvalue weighted by molar-refractivity contribution is 6.00. The van der Waals surface area contributed by atoms with E-state index in [1.807, 2.05) is 66.7 Å². The van der Waals surface area contributed by atoms with Crippen LogP contribution in [0.15, 0.2) is 79.1 Å². The van der Waals surface area contributed by atoms with Gasteiger partial charge in [-0.1, -0.05) is 36.4 Å². The maximum absolute atomic E-state index is 13.3. The van der Waals surface area contributed by atoms with E-state index in [-0.39, 0.29) is 5.91 Å². The number of amides is 1. The van der Waals surface area contributed by atoms with Crippen molar-refractivity contribution >= 4 is 11.7 Å². The summed E-state index contributed by atoms with van der Waals surface area (Å²) in [6.45, 7) is 3.46. The number of para-hydroxylation sites is 1. The van der Waals surface area contributed by atoms with Gasteiger partial charge in [0.25, 0.3) is 5.91 Å². The molecule has 1 saturated heterocycles. The molecule has 0 atom stereocenters. The number of pyridine rings is 1. The topological polar surface area (TPSA) is 81.5 Å². The fourth-order valence-corrected chi connectivity index (χ4v) is 4.01. The van der Waals surface area contributed by atoms with E-state index in [0.29, 0.717) is 36.8 Å². The molecule has 1 N–H and O–H groups in total. The first-order valence-corrected chi connectivity index (χ1v) is 11.6. The summed E-state index contributed by atoms with van der Waals surface area (Å²) in [5.74, 6) is 1.42. The number of nitrogens with one attached hydrogen (secondary N) is 1. The summed E-state index contributed by atoms with van der Waals surface area (Å²) < 4.78 is 12.5. The third-order valence-electron chi connectivity index (χ3n) is 5.92. The number of carbonyl (C=O) groups is 1. The molecule has 0 unspecified atom stereocenters. The molecule has 1 fully saturated rings. The largest absolute Gasteiger partial charge is 0.497 e. The summed E-state index contributed by atoms with van der Waals surface area (Å²) in [5, 5.41) is 7.76. The number of aromatic nitrogens is 3. The fraction of sp³-hybridized carbons (Fsp3) is 0.222. The molecule has 0 radical (unpaired) electrons. The van der Waals surface area contributed by atoms with Gasteiger partial charge >= 0.3 is 0 Å². The molecule has 4 aromatic rings. The first kappa shape index (κ1) is 22.6. The lowest BCUT2D eigenvalue weighted by molar-refractivity contribution is 0.0951. The lowest BCUT2D eigenvalue weighted by Crippen LogP contribution is -2.36. The lowest BCUT2D eigenvalue weighted by atomic mass is 10.1. The molecule has 0 saturated carbocycles. The summed E-state index contributed by atoms with van der Waals surface area (Å²) in [5.41, 5.74) is 3.68. The monoisotopic (exact) mass is 469 g/mol.